The number of fused-ring (bicyclic) bond motifs is 3. The SMILES string of the molecule is CC1(C)CCC[C@@H]([C@H]2c3ccccc3-c3cncn32)[C@@H]1O. The molecule has 2 aliphatic rings. The monoisotopic (exact) mass is 282 g/mol. The maximum atomic E-state index is 10.9. The van der Waals surface area contributed by atoms with Gasteiger partial charge in [0.05, 0.1) is 30.4 Å². The third-order valence-corrected chi connectivity index (χ3v) is 5.49. The number of aliphatic hydroxyl groups excluding tert-OH is 1. The highest BCUT2D eigenvalue weighted by Gasteiger charge is 2.45. The average molecular weight is 282 g/mol. The number of benzene rings is 1. The van der Waals surface area contributed by atoms with E-state index in [1.54, 1.807) is 0 Å². The molecule has 1 saturated carbocycles. The first-order valence-electron chi connectivity index (χ1n) is 7.89. The number of nitrogens with zero attached hydrogens (tertiary/aromatic N) is 2. The molecule has 21 heavy (non-hydrogen) atoms. The maximum Gasteiger partial charge on any atom is 0.0956 e. The topological polar surface area (TPSA) is 38.0 Å². The van der Waals surface area contributed by atoms with Crippen molar-refractivity contribution in [3.05, 3.63) is 42.4 Å². The standard InChI is InChI=1S/C18H22N2O/c1-18(2)9-5-8-14(17(18)21)16-13-7-4-3-6-12(13)15-10-19-11-20(15)16/h3-4,6-7,10-11,14,16-17,21H,5,8-9H2,1-2H3/t14-,16+,17-/m0/s1. The summed E-state index contributed by atoms with van der Waals surface area (Å²) >= 11 is 0. The Morgan fingerprint density at radius 1 is 1.29 bits per heavy atom. The van der Waals surface area contributed by atoms with Crippen LogP contribution in [-0.2, 0) is 0 Å². The predicted octanol–water partition coefficient (Wildman–Crippen LogP) is 3.64. The lowest BCUT2D eigenvalue weighted by atomic mass is 9.66. The normalized spacial score (nSPS) is 30.0. The molecular formula is C18H22N2O. The lowest BCUT2D eigenvalue weighted by Crippen LogP contribution is -2.43. The molecular weight excluding hydrogens is 260 g/mol. The summed E-state index contributed by atoms with van der Waals surface area (Å²) in [5.74, 6) is 0.269. The first-order valence-corrected chi connectivity index (χ1v) is 7.89. The van der Waals surface area contributed by atoms with Crippen LogP contribution in [0.25, 0.3) is 11.3 Å². The molecule has 0 amide bonds. The van der Waals surface area contributed by atoms with E-state index in [0.29, 0.717) is 0 Å². The van der Waals surface area contributed by atoms with E-state index in [1.807, 2.05) is 12.5 Å². The van der Waals surface area contributed by atoms with Crippen LogP contribution in [0.2, 0.25) is 0 Å². The fourth-order valence-electron chi connectivity index (χ4n) is 4.32. The smallest absolute Gasteiger partial charge is 0.0956 e. The Kier molecular flexibility index (Phi) is 2.77. The molecule has 3 atom stereocenters. The summed E-state index contributed by atoms with van der Waals surface area (Å²) in [4.78, 5) is 4.33. The number of aromatic nitrogens is 2. The van der Waals surface area contributed by atoms with Gasteiger partial charge in [0.2, 0.25) is 0 Å². The van der Waals surface area contributed by atoms with Gasteiger partial charge < -0.3 is 9.67 Å². The van der Waals surface area contributed by atoms with Crippen LogP contribution in [0.15, 0.2) is 36.8 Å². The minimum atomic E-state index is -0.266. The number of imidazole rings is 1. The van der Waals surface area contributed by atoms with E-state index in [-0.39, 0.29) is 23.5 Å². The van der Waals surface area contributed by atoms with Crippen LogP contribution in [0.4, 0.5) is 0 Å². The summed E-state index contributed by atoms with van der Waals surface area (Å²) in [5, 5.41) is 10.9. The Balaban J connectivity index is 1.82. The van der Waals surface area contributed by atoms with Gasteiger partial charge >= 0.3 is 0 Å². The molecule has 4 rings (SSSR count). The van der Waals surface area contributed by atoms with E-state index in [1.165, 1.54) is 23.2 Å². The van der Waals surface area contributed by atoms with Crippen molar-refractivity contribution in [3.8, 4) is 11.3 Å². The Bertz CT molecular complexity index is 673. The highest BCUT2D eigenvalue weighted by atomic mass is 16.3. The predicted molar refractivity (Wildman–Crippen MR) is 82.9 cm³/mol. The van der Waals surface area contributed by atoms with Crippen molar-refractivity contribution in [1.29, 1.82) is 0 Å². The van der Waals surface area contributed by atoms with E-state index in [0.717, 1.165) is 12.8 Å². The van der Waals surface area contributed by atoms with Crippen LogP contribution in [0.5, 0.6) is 0 Å². The highest BCUT2D eigenvalue weighted by Crippen LogP contribution is 2.50. The van der Waals surface area contributed by atoms with Gasteiger partial charge in [-0.05, 0) is 23.8 Å². The second-order valence-corrected chi connectivity index (χ2v) is 7.21. The Labute approximate surface area is 125 Å². The van der Waals surface area contributed by atoms with Crippen LogP contribution < -0.4 is 0 Å². The van der Waals surface area contributed by atoms with E-state index in [2.05, 4.69) is 47.7 Å². The van der Waals surface area contributed by atoms with E-state index in [4.69, 9.17) is 0 Å². The molecule has 0 radical (unpaired) electrons. The molecule has 2 aromatic rings. The fraction of sp³-hybridized carbons (Fsp3) is 0.500. The molecule has 3 nitrogen and oxygen atoms in total. The van der Waals surface area contributed by atoms with Gasteiger partial charge in [-0.15, -0.1) is 0 Å². The lowest BCUT2D eigenvalue weighted by Gasteiger charge is -2.43. The summed E-state index contributed by atoms with van der Waals surface area (Å²) in [6.07, 6.45) is 6.99. The summed E-state index contributed by atoms with van der Waals surface area (Å²) in [7, 11) is 0. The van der Waals surface area contributed by atoms with Crippen molar-refractivity contribution >= 4 is 0 Å². The molecule has 1 aliphatic heterocycles. The summed E-state index contributed by atoms with van der Waals surface area (Å²) in [6, 6.07) is 8.80. The van der Waals surface area contributed by atoms with Gasteiger partial charge in [-0.1, -0.05) is 44.5 Å². The van der Waals surface area contributed by atoms with Crippen LogP contribution in [0.1, 0.15) is 44.7 Å². The van der Waals surface area contributed by atoms with Gasteiger partial charge in [-0.25, -0.2) is 4.98 Å². The van der Waals surface area contributed by atoms with E-state index < -0.39 is 0 Å². The Hall–Kier alpha value is -1.61. The summed E-state index contributed by atoms with van der Waals surface area (Å²) < 4.78 is 2.26. The molecule has 0 saturated heterocycles. The quantitative estimate of drug-likeness (QED) is 0.867. The third-order valence-electron chi connectivity index (χ3n) is 5.49. The molecule has 1 aromatic heterocycles. The minimum absolute atomic E-state index is 0.00119. The van der Waals surface area contributed by atoms with Crippen LogP contribution >= 0.6 is 0 Å². The van der Waals surface area contributed by atoms with Crippen molar-refractivity contribution in [2.75, 3.05) is 0 Å². The largest absolute Gasteiger partial charge is 0.392 e. The number of hydrogen-bond acceptors (Lipinski definition) is 2. The first-order chi connectivity index (χ1) is 10.1. The second kappa shape index (κ2) is 4.44. The molecule has 1 aliphatic carbocycles. The molecule has 0 unspecified atom stereocenters. The van der Waals surface area contributed by atoms with Gasteiger partial charge in [-0.3, -0.25) is 0 Å². The zero-order valence-electron chi connectivity index (χ0n) is 12.7. The first kappa shape index (κ1) is 13.1. The van der Waals surface area contributed by atoms with Gasteiger partial charge in [0.15, 0.2) is 0 Å². The van der Waals surface area contributed by atoms with Crippen molar-refractivity contribution in [1.82, 2.24) is 9.55 Å². The summed E-state index contributed by atoms with van der Waals surface area (Å²) in [5.41, 5.74) is 3.81. The maximum absolute atomic E-state index is 10.9. The zero-order valence-corrected chi connectivity index (χ0v) is 12.7. The fourth-order valence-corrected chi connectivity index (χ4v) is 4.32. The highest BCUT2D eigenvalue weighted by molar-refractivity contribution is 5.69. The average Bonchev–Trinajstić information content (AvgIpc) is 3.03. The van der Waals surface area contributed by atoms with E-state index >= 15 is 0 Å². The number of rotatable bonds is 1. The van der Waals surface area contributed by atoms with Crippen molar-refractivity contribution in [2.24, 2.45) is 11.3 Å². The molecule has 110 valence electrons. The van der Waals surface area contributed by atoms with Gasteiger partial charge in [0, 0.05) is 11.5 Å². The minimum Gasteiger partial charge on any atom is -0.392 e. The lowest BCUT2D eigenvalue weighted by molar-refractivity contribution is -0.0443. The third kappa shape index (κ3) is 1.80. The van der Waals surface area contributed by atoms with Gasteiger partial charge in [-0.2, -0.15) is 0 Å². The van der Waals surface area contributed by atoms with E-state index in [9.17, 15) is 5.11 Å². The Morgan fingerprint density at radius 2 is 2.10 bits per heavy atom. The van der Waals surface area contributed by atoms with Crippen LogP contribution in [0, 0.1) is 11.3 Å². The van der Waals surface area contributed by atoms with Gasteiger partial charge in [0.1, 0.15) is 0 Å². The molecule has 0 spiro atoms. The van der Waals surface area contributed by atoms with Crippen molar-refractivity contribution in [3.63, 3.8) is 0 Å². The molecule has 2 heterocycles. The number of hydrogen-bond donors (Lipinski definition) is 1. The Morgan fingerprint density at radius 3 is 2.95 bits per heavy atom. The summed E-state index contributed by atoms with van der Waals surface area (Å²) in [6.45, 7) is 4.39. The number of aliphatic hydroxyl groups is 1. The molecule has 0 bridgehead atoms. The van der Waals surface area contributed by atoms with Crippen LogP contribution in [-0.4, -0.2) is 20.8 Å². The van der Waals surface area contributed by atoms with Gasteiger partial charge in [0.25, 0.3) is 0 Å². The zero-order chi connectivity index (χ0) is 14.6. The second-order valence-electron chi connectivity index (χ2n) is 7.21. The molecule has 3 heteroatoms. The van der Waals surface area contributed by atoms with Crippen LogP contribution in [0.3, 0.4) is 0 Å². The molecule has 1 N–H and O–H groups in total. The molecule has 1 fully saturated rings. The molecule has 1 aromatic carbocycles. The van der Waals surface area contributed by atoms with Crippen molar-refractivity contribution < 1.29 is 5.11 Å². The van der Waals surface area contributed by atoms with Crippen molar-refractivity contribution in [2.45, 2.75) is 45.3 Å².